The molecule has 1 aromatic rings. The summed E-state index contributed by atoms with van der Waals surface area (Å²) in [6.07, 6.45) is 0. The Labute approximate surface area is 112 Å². The predicted molar refractivity (Wildman–Crippen MR) is 69.0 cm³/mol. The van der Waals surface area contributed by atoms with Crippen LogP contribution in [-0.2, 0) is 19.5 Å². The van der Waals surface area contributed by atoms with E-state index in [0.29, 0.717) is 18.8 Å². The first-order chi connectivity index (χ1) is 8.97. The Morgan fingerprint density at radius 2 is 2.00 bits per heavy atom. The number of methoxy groups -OCH3 is 1. The van der Waals surface area contributed by atoms with Gasteiger partial charge in [0.15, 0.2) is 0 Å². The molecule has 7 heteroatoms. The van der Waals surface area contributed by atoms with Crippen molar-refractivity contribution >= 4 is 10.0 Å². The van der Waals surface area contributed by atoms with Crippen LogP contribution in [0.1, 0.15) is 5.56 Å². The Morgan fingerprint density at radius 1 is 1.26 bits per heavy atom. The van der Waals surface area contributed by atoms with Gasteiger partial charge in [-0.05, 0) is 24.6 Å². The average molecular weight is 291 g/mol. The first-order valence-electron chi connectivity index (χ1n) is 5.80. The van der Waals surface area contributed by atoms with Crippen molar-refractivity contribution in [3.63, 3.8) is 0 Å². The number of sulfonamides is 1. The monoisotopic (exact) mass is 291 g/mol. The molecule has 19 heavy (non-hydrogen) atoms. The van der Waals surface area contributed by atoms with Crippen LogP contribution in [0.2, 0.25) is 0 Å². The van der Waals surface area contributed by atoms with Crippen LogP contribution in [0.15, 0.2) is 23.1 Å². The molecule has 0 saturated carbocycles. The summed E-state index contributed by atoms with van der Waals surface area (Å²) in [5, 5.41) is 0. The molecule has 5 nitrogen and oxygen atoms in total. The highest BCUT2D eigenvalue weighted by atomic mass is 32.2. The zero-order chi connectivity index (χ0) is 14.3. The lowest BCUT2D eigenvalue weighted by molar-refractivity contribution is 0.0736. The lowest BCUT2D eigenvalue weighted by Crippen LogP contribution is -2.28. The van der Waals surface area contributed by atoms with E-state index in [0.717, 1.165) is 6.07 Å². The van der Waals surface area contributed by atoms with Crippen molar-refractivity contribution in [2.24, 2.45) is 0 Å². The number of rotatable bonds is 8. The molecule has 0 atom stereocenters. The van der Waals surface area contributed by atoms with Crippen molar-refractivity contribution in [1.29, 1.82) is 0 Å². The van der Waals surface area contributed by atoms with Gasteiger partial charge in [0, 0.05) is 13.7 Å². The lowest BCUT2D eigenvalue weighted by Gasteiger charge is -2.09. The zero-order valence-corrected chi connectivity index (χ0v) is 11.8. The quantitative estimate of drug-likeness (QED) is 0.728. The van der Waals surface area contributed by atoms with Crippen molar-refractivity contribution in [3.8, 4) is 0 Å². The number of halogens is 1. The van der Waals surface area contributed by atoms with Gasteiger partial charge >= 0.3 is 0 Å². The first-order valence-corrected chi connectivity index (χ1v) is 7.28. The Hall–Kier alpha value is -1.02. The van der Waals surface area contributed by atoms with E-state index in [9.17, 15) is 12.8 Å². The highest BCUT2D eigenvalue weighted by molar-refractivity contribution is 7.89. The van der Waals surface area contributed by atoms with Gasteiger partial charge in [0.05, 0.1) is 24.7 Å². The lowest BCUT2D eigenvalue weighted by atomic mass is 10.2. The van der Waals surface area contributed by atoms with Crippen molar-refractivity contribution in [2.75, 3.05) is 33.5 Å². The van der Waals surface area contributed by atoms with E-state index in [1.165, 1.54) is 12.1 Å². The zero-order valence-electron chi connectivity index (χ0n) is 11.0. The molecule has 0 aliphatic carbocycles. The highest BCUT2D eigenvalue weighted by Crippen LogP contribution is 2.15. The summed E-state index contributed by atoms with van der Waals surface area (Å²) in [6, 6.07) is 3.66. The van der Waals surface area contributed by atoms with Gasteiger partial charge in [-0.2, -0.15) is 0 Å². The molecule has 1 N–H and O–H groups in total. The van der Waals surface area contributed by atoms with Crippen LogP contribution in [0.3, 0.4) is 0 Å². The first kappa shape index (κ1) is 16.0. The van der Waals surface area contributed by atoms with Gasteiger partial charge in [0.2, 0.25) is 10.0 Å². The van der Waals surface area contributed by atoms with Crippen LogP contribution in [0.5, 0.6) is 0 Å². The van der Waals surface area contributed by atoms with Crippen molar-refractivity contribution < 1.29 is 22.3 Å². The number of aryl methyl sites for hydroxylation is 1. The smallest absolute Gasteiger partial charge is 0.241 e. The van der Waals surface area contributed by atoms with Gasteiger partial charge in [-0.3, -0.25) is 0 Å². The van der Waals surface area contributed by atoms with Gasteiger partial charge in [-0.25, -0.2) is 17.5 Å². The fourth-order valence-electron chi connectivity index (χ4n) is 1.43. The van der Waals surface area contributed by atoms with Crippen molar-refractivity contribution in [3.05, 3.63) is 29.6 Å². The molecule has 0 fully saturated rings. The Bertz CT molecular complexity index is 504. The molecule has 0 aliphatic heterocycles. The van der Waals surface area contributed by atoms with Crippen molar-refractivity contribution in [1.82, 2.24) is 4.72 Å². The van der Waals surface area contributed by atoms with E-state index in [4.69, 9.17) is 9.47 Å². The molecule has 0 saturated heterocycles. The van der Waals surface area contributed by atoms with Crippen LogP contribution in [-0.4, -0.2) is 41.9 Å². The summed E-state index contributed by atoms with van der Waals surface area (Å²) in [7, 11) is -2.15. The number of nitrogens with one attached hydrogen (secondary N) is 1. The minimum absolute atomic E-state index is 0.0515. The summed E-state index contributed by atoms with van der Waals surface area (Å²) in [5.41, 5.74) is 0.495. The molecule has 0 amide bonds. The highest BCUT2D eigenvalue weighted by Gasteiger charge is 2.16. The normalized spacial score (nSPS) is 11.7. The third-order valence-corrected chi connectivity index (χ3v) is 4.01. The van der Waals surface area contributed by atoms with E-state index in [1.54, 1.807) is 14.0 Å². The molecule has 0 radical (unpaired) electrons. The molecule has 0 aliphatic rings. The van der Waals surface area contributed by atoms with Crippen molar-refractivity contribution in [2.45, 2.75) is 11.8 Å². The van der Waals surface area contributed by atoms with Crippen LogP contribution in [0.4, 0.5) is 4.39 Å². The summed E-state index contributed by atoms with van der Waals surface area (Å²) < 4.78 is 49.2. The molecule has 0 heterocycles. The van der Waals surface area contributed by atoms with Crippen LogP contribution >= 0.6 is 0 Å². The molecule has 0 aromatic heterocycles. The summed E-state index contributed by atoms with van der Waals surface area (Å²) in [5.74, 6) is -0.581. The Morgan fingerprint density at radius 3 is 2.68 bits per heavy atom. The summed E-state index contributed by atoms with van der Waals surface area (Å²) >= 11 is 0. The van der Waals surface area contributed by atoms with Crippen LogP contribution < -0.4 is 4.72 Å². The summed E-state index contributed by atoms with van der Waals surface area (Å²) in [4.78, 5) is -0.0515. The van der Waals surface area contributed by atoms with Crippen LogP contribution in [0, 0.1) is 12.7 Å². The molecule has 0 bridgehead atoms. The maximum absolute atomic E-state index is 13.1. The molecule has 1 aromatic carbocycles. The molecule has 108 valence electrons. The van der Waals surface area contributed by atoms with E-state index in [2.05, 4.69) is 4.72 Å². The van der Waals surface area contributed by atoms with E-state index in [1.807, 2.05) is 0 Å². The van der Waals surface area contributed by atoms with Crippen LogP contribution in [0.25, 0.3) is 0 Å². The standard InChI is InChI=1S/C12H18FNO4S/c1-10-3-4-11(13)9-12(10)19(15,16)14-5-6-18-8-7-17-2/h3-4,9,14H,5-8H2,1-2H3. The molecule has 1 rings (SSSR count). The third-order valence-electron chi connectivity index (χ3n) is 2.41. The largest absolute Gasteiger partial charge is 0.382 e. The maximum Gasteiger partial charge on any atom is 0.241 e. The minimum atomic E-state index is -3.71. The molecule has 0 unspecified atom stereocenters. The maximum atomic E-state index is 13.1. The topological polar surface area (TPSA) is 64.6 Å². The number of benzene rings is 1. The fraction of sp³-hybridized carbons (Fsp3) is 0.500. The number of hydrogen-bond donors (Lipinski definition) is 1. The van der Waals surface area contributed by atoms with Gasteiger partial charge in [-0.15, -0.1) is 0 Å². The Balaban J connectivity index is 2.54. The van der Waals surface area contributed by atoms with Gasteiger partial charge in [0.25, 0.3) is 0 Å². The predicted octanol–water partition coefficient (Wildman–Crippen LogP) is 1.08. The minimum Gasteiger partial charge on any atom is -0.382 e. The van der Waals surface area contributed by atoms with Gasteiger partial charge in [-0.1, -0.05) is 6.07 Å². The fourth-order valence-corrected chi connectivity index (χ4v) is 2.70. The SMILES string of the molecule is COCCOCCNS(=O)(=O)c1cc(F)ccc1C. The average Bonchev–Trinajstić information content (AvgIpc) is 2.36. The van der Waals surface area contributed by atoms with Gasteiger partial charge < -0.3 is 9.47 Å². The second-order valence-corrected chi connectivity index (χ2v) is 5.65. The second kappa shape index (κ2) is 7.54. The summed E-state index contributed by atoms with van der Waals surface area (Å²) in [6.45, 7) is 2.83. The third kappa shape index (κ3) is 5.23. The number of ether oxygens (including phenoxy) is 2. The van der Waals surface area contributed by atoms with E-state index >= 15 is 0 Å². The second-order valence-electron chi connectivity index (χ2n) is 3.91. The van der Waals surface area contributed by atoms with E-state index in [-0.39, 0.29) is 18.0 Å². The van der Waals surface area contributed by atoms with Gasteiger partial charge in [0.1, 0.15) is 5.82 Å². The Kier molecular flexibility index (Phi) is 6.36. The molecular formula is C12H18FNO4S. The molecular weight excluding hydrogens is 273 g/mol. The number of hydrogen-bond acceptors (Lipinski definition) is 4. The molecule has 0 spiro atoms. The van der Waals surface area contributed by atoms with E-state index < -0.39 is 15.8 Å².